The molecule has 1 aromatic carbocycles. The molecule has 5 rings (SSSR count). The smallest absolute Gasteiger partial charge is 0.289 e. The molecule has 0 aliphatic carbocycles. The van der Waals surface area contributed by atoms with E-state index < -0.39 is 11.4 Å². The largest absolute Gasteiger partial charge is 0.486 e. The Balaban J connectivity index is 1.47. The van der Waals surface area contributed by atoms with E-state index in [9.17, 15) is 9.59 Å². The maximum Gasteiger partial charge on any atom is 0.289 e. The number of carbonyl (C=O) groups is 2. The number of likely N-dealkylation sites (tertiary alicyclic amines) is 1. The van der Waals surface area contributed by atoms with Gasteiger partial charge in [-0.2, -0.15) is 0 Å². The van der Waals surface area contributed by atoms with E-state index in [1.807, 2.05) is 20.8 Å². The monoisotopic (exact) mass is 413 g/mol. The summed E-state index contributed by atoms with van der Waals surface area (Å²) in [5.41, 5.74) is 1.27. The average molecular weight is 413 g/mol. The summed E-state index contributed by atoms with van der Waals surface area (Å²) in [6.07, 6.45) is 2.36. The zero-order valence-electron chi connectivity index (χ0n) is 17.7. The molecule has 1 atom stereocenters. The van der Waals surface area contributed by atoms with Crippen molar-refractivity contribution in [1.82, 2.24) is 4.90 Å². The number of rotatable bonds is 2. The molecule has 0 N–H and O–H groups in total. The second-order valence-electron chi connectivity index (χ2n) is 8.77. The predicted octanol–water partition coefficient (Wildman–Crippen LogP) is 3.85. The van der Waals surface area contributed by atoms with E-state index in [1.54, 1.807) is 17.0 Å². The van der Waals surface area contributed by atoms with Gasteiger partial charge in [0.15, 0.2) is 17.3 Å². The third-order valence-electron chi connectivity index (χ3n) is 6.79. The first-order valence-electron chi connectivity index (χ1n) is 10.7. The van der Waals surface area contributed by atoms with Gasteiger partial charge in [0.1, 0.15) is 16.9 Å². The van der Waals surface area contributed by atoms with Crippen molar-refractivity contribution in [3.05, 3.63) is 29.0 Å². The highest BCUT2D eigenvalue weighted by Crippen LogP contribution is 2.42. The number of hydrogen-bond donors (Lipinski definition) is 0. The second-order valence-corrected chi connectivity index (χ2v) is 8.77. The molecule has 30 heavy (non-hydrogen) atoms. The van der Waals surface area contributed by atoms with Gasteiger partial charge in [-0.05, 0) is 32.4 Å². The lowest BCUT2D eigenvalue weighted by molar-refractivity contribution is -0.181. The fourth-order valence-electron chi connectivity index (χ4n) is 4.79. The molecule has 1 spiro atoms. The minimum Gasteiger partial charge on any atom is -0.486 e. The molecule has 0 bridgehead atoms. The molecule has 2 fully saturated rings. The number of Topliss-reactive ketones (excluding diaryl/α,β-unsaturated/α-hetero) is 1. The molecule has 7 heteroatoms. The molecule has 0 radical (unpaired) electrons. The number of aryl methyl sites for hydroxylation is 1. The van der Waals surface area contributed by atoms with Crippen LogP contribution in [0.4, 0.5) is 0 Å². The lowest BCUT2D eigenvalue weighted by atomic mass is 9.87. The van der Waals surface area contributed by atoms with Crippen LogP contribution in [0, 0.1) is 6.92 Å². The standard InChI is InChI=1S/C23H27NO6/c1-4-22(3)13-15(25)19-17(30-22)6-5-16-18(19)14(2)20(29-16)21(26)24-9-7-23(8-10-24)27-11-12-28-23/h5-6H,4,7-13H2,1-3H3. The van der Waals surface area contributed by atoms with Gasteiger partial charge < -0.3 is 23.5 Å². The molecule has 3 aliphatic heterocycles. The quantitative estimate of drug-likeness (QED) is 0.744. The summed E-state index contributed by atoms with van der Waals surface area (Å²) >= 11 is 0. The number of ketones is 1. The van der Waals surface area contributed by atoms with Crippen molar-refractivity contribution in [2.75, 3.05) is 26.3 Å². The van der Waals surface area contributed by atoms with Gasteiger partial charge >= 0.3 is 0 Å². The van der Waals surface area contributed by atoms with Gasteiger partial charge in [-0.15, -0.1) is 0 Å². The molecule has 7 nitrogen and oxygen atoms in total. The number of nitrogens with zero attached hydrogens (tertiary/aromatic N) is 1. The van der Waals surface area contributed by atoms with E-state index in [2.05, 4.69) is 0 Å². The first-order chi connectivity index (χ1) is 14.3. The molecule has 4 heterocycles. The Labute approximate surface area is 175 Å². The maximum atomic E-state index is 13.2. The van der Waals surface area contributed by atoms with Crippen LogP contribution in [0.25, 0.3) is 11.0 Å². The number of carbonyl (C=O) groups excluding carboxylic acids is 2. The van der Waals surface area contributed by atoms with E-state index in [-0.39, 0.29) is 11.7 Å². The van der Waals surface area contributed by atoms with E-state index in [0.29, 0.717) is 79.2 Å². The second kappa shape index (κ2) is 6.82. The van der Waals surface area contributed by atoms with Crippen molar-refractivity contribution in [3.8, 4) is 5.75 Å². The van der Waals surface area contributed by atoms with E-state index in [1.165, 1.54) is 0 Å². The van der Waals surface area contributed by atoms with Crippen LogP contribution in [0.5, 0.6) is 5.75 Å². The minimum atomic E-state index is -0.533. The van der Waals surface area contributed by atoms with Gasteiger partial charge in [0.2, 0.25) is 0 Å². The summed E-state index contributed by atoms with van der Waals surface area (Å²) in [4.78, 5) is 28.0. The van der Waals surface area contributed by atoms with E-state index in [4.69, 9.17) is 18.6 Å². The van der Waals surface area contributed by atoms with Crippen LogP contribution in [0.2, 0.25) is 0 Å². The van der Waals surface area contributed by atoms with Crippen LogP contribution in [-0.2, 0) is 9.47 Å². The third-order valence-corrected chi connectivity index (χ3v) is 6.79. The fraction of sp³-hybridized carbons (Fsp3) is 0.565. The fourth-order valence-corrected chi connectivity index (χ4v) is 4.79. The molecular weight excluding hydrogens is 386 g/mol. The Morgan fingerprint density at radius 2 is 1.87 bits per heavy atom. The Kier molecular flexibility index (Phi) is 4.45. The number of fused-ring (bicyclic) bond motifs is 3. The van der Waals surface area contributed by atoms with Crippen LogP contribution < -0.4 is 4.74 Å². The molecule has 0 saturated carbocycles. The molecule has 160 valence electrons. The van der Waals surface area contributed by atoms with Crippen LogP contribution in [0.1, 0.15) is 66.0 Å². The number of piperidine rings is 1. The molecular formula is C23H27NO6. The first kappa shape index (κ1) is 19.6. The summed E-state index contributed by atoms with van der Waals surface area (Å²) in [6.45, 7) is 8.12. The van der Waals surface area contributed by atoms with E-state index >= 15 is 0 Å². The third kappa shape index (κ3) is 2.94. The summed E-state index contributed by atoms with van der Waals surface area (Å²) < 4.78 is 23.6. The molecule has 1 amide bonds. The van der Waals surface area contributed by atoms with Gasteiger partial charge in [0.25, 0.3) is 5.91 Å². The predicted molar refractivity (Wildman–Crippen MR) is 109 cm³/mol. The van der Waals surface area contributed by atoms with Crippen molar-refractivity contribution in [1.29, 1.82) is 0 Å². The van der Waals surface area contributed by atoms with Gasteiger partial charge in [0.05, 0.1) is 25.2 Å². The van der Waals surface area contributed by atoms with Crippen LogP contribution in [0.15, 0.2) is 16.5 Å². The van der Waals surface area contributed by atoms with Crippen molar-refractivity contribution in [3.63, 3.8) is 0 Å². The molecule has 1 unspecified atom stereocenters. The normalized spacial score (nSPS) is 25.6. The number of hydrogen-bond acceptors (Lipinski definition) is 6. The topological polar surface area (TPSA) is 78.2 Å². The van der Waals surface area contributed by atoms with Crippen LogP contribution in [0.3, 0.4) is 0 Å². The SMILES string of the molecule is CCC1(C)CC(=O)c2c(ccc3oc(C(=O)N4CCC5(CC4)OCCO5)c(C)c23)O1. The summed E-state index contributed by atoms with van der Waals surface area (Å²) in [5.74, 6) is 0.201. The first-order valence-corrected chi connectivity index (χ1v) is 10.7. The summed E-state index contributed by atoms with van der Waals surface area (Å²) in [7, 11) is 0. The highest BCUT2D eigenvalue weighted by molar-refractivity contribution is 6.13. The molecule has 3 aliphatic rings. The van der Waals surface area contributed by atoms with Crippen LogP contribution >= 0.6 is 0 Å². The number of amides is 1. The highest BCUT2D eigenvalue weighted by atomic mass is 16.7. The number of benzene rings is 1. The lowest BCUT2D eigenvalue weighted by Crippen LogP contribution is -2.47. The van der Waals surface area contributed by atoms with Gasteiger partial charge in [-0.3, -0.25) is 9.59 Å². The Hall–Kier alpha value is -2.38. The van der Waals surface area contributed by atoms with Crippen molar-refractivity contribution >= 4 is 22.7 Å². The van der Waals surface area contributed by atoms with Crippen molar-refractivity contribution < 1.29 is 28.2 Å². The number of furan rings is 1. The zero-order chi connectivity index (χ0) is 21.1. The zero-order valence-corrected chi connectivity index (χ0v) is 17.7. The Morgan fingerprint density at radius 3 is 2.53 bits per heavy atom. The number of ether oxygens (including phenoxy) is 3. The Morgan fingerprint density at radius 1 is 1.17 bits per heavy atom. The molecule has 1 aromatic heterocycles. The average Bonchev–Trinajstić information content (AvgIpc) is 3.32. The summed E-state index contributed by atoms with van der Waals surface area (Å²) in [6, 6.07) is 3.57. The summed E-state index contributed by atoms with van der Waals surface area (Å²) in [5, 5.41) is 0.690. The van der Waals surface area contributed by atoms with Crippen molar-refractivity contribution in [2.24, 2.45) is 0 Å². The van der Waals surface area contributed by atoms with Gasteiger partial charge in [-0.25, -0.2) is 0 Å². The highest BCUT2D eigenvalue weighted by Gasteiger charge is 2.42. The van der Waals surface area contributed by atoms with Crippen molar-refractivity contribution in [2.45, 2.75) is 57.8 Å². The van der Waals surface area contributed by atoms with Crippen LogP contribution in [-0.4, -0.2) is 54.3 Å². The van der Waals surface area contributed by atoms with Gasteiger partial charge in [0, 0.05) is 36.9 Å². The maximum absolute atomic E-state index is 13.2. The molecule has 2 aromatic rings. The molecule has 2 saturated heterocycles. The van der Waals surface area contributed by atoms with E-state index in [0.717, 1.165) is 6.42 Å². The Bertz CT molecular complexity index is 1020. The lowest BCUT2D eigenvalue weighted by Gasteiger charge is -2.37. The minimum absolute atomic E-state index is 0.0320. The van der Waals surface area contributed by atoms with Gasteiger partial charge in [-0.1, -0.05) is 6.92 Å².